The molecule has 0 spiro atoms. The number of nitriles is 1. The van der Waals surface area contributed by atoms with Crippen LogP contribution in [0.25, 0.3) is 0 Å². The Morgan fingerprint density at radius 2 is 1.93 bits per heavy atom. The number of amides is 1. The van der Waals surface area contributed by atoms with Gasteiger partial charge in [0.15, 0.2) is 11.5 Å². The molecule has 1 fully saturated rings. The maximum absolute atomic E-state index is 12.4. The molecule has 2 aromatic carbocycles. The van der Waals surface area contributed by atoms with E-state index in [0.717, 1.165) is 54.4 Å². The molecule has 2 aliphatic rings. The molecule has 4 rings (SSSR count). The molecular formula is C23H25N3O3S. The fourth-order valence-corrected chi connectivity index (χ4v) is 4.50. The van der Waals surface area contributed by atoms with Crippen LogP contribution >= 0.6 is 11.8 Å². The summed E-state index contributed by atoms with van der Waals surface area (Å²) in [6.07, 6.45) is 1.89. The maximum atomic E-state index is 12.4. The standard InChI is InChI=1S/C23H25N3O3S/c24-14-17-2-1-3-18(12-17)15-26-8-6-19(7-9-26)25-23(27)16-30-20-4-5-21-22(13-20)29-11-10-28-21/h1-5,12-13,19H,6-11,15-16H2,(H,25,27). The first kappa shape index (κ1) is 20.6. The largest absolute Gasteiger partial charge is 0.486 e. The van der Waals surface area contributed by atoms with E-state index in [2.05, 4.69) is 22.4 Å². The Hall–Kier alpha value is -2.69. The van der Waals surface area contributed by atoms with E-state index in [1.807, 2.05) is 36.4 Å². The van der Waals surface area contributed by atoms with Crippen molar-refractivity contribution in [2.75, 3.05) is 32.1 Å². The molecule has 2 aliphatic heterocycles. The van der Waals surface area contributed by atoms with E-state index in [1.54, 1.807) is 0 Å². The summed E-state index contributed by atoms with van der Waals surface area (Å²) in [6.45, 7) is 3.86. The van der Waals surface area contributed by atoms with Gasteiger partial charge in [0.1, 0.15) is 13.2 Å². The van der Waals surface area contributed by atoms with E-state index in [4.69, 9.17) is 14.7 Å². The summed E-state index contributed by atoms with van der Waals surface area (Å²) in [5.74, 6) is 1.97. The van der Waals surface area contributed by atoms with Gasteiger partial charge in [0, 0.05) is 30.6 Å². The van der Waals surface area contributed by atoms with E-state index in [9.17, 15) is 4.79 Å². The molecule has 0 bridgehead atoms. The molecule has 2 heterocycles. The molecule has 2 aromatic rings. The van der Waals surface area contributed by atoms with Gasteiger partial charge >= 0.3 is 0 Å². The lowest BCUT2D eigenvalue weighted by atomic mass is 10.0. The van der Waals surface area contributed by atoms with E-state index in [1.165, 1.54) is 11.8 Å². The fraction of sp³-hybridized carbons (Fsp3) is 0.391. The zero-order chi connectivity index (χ0) is 20.8. The number of carbonyl (C=O) groups is 1. The van der Waals surface area contributed by atoms with Gasteiger partial charge in [-0.1, -0.05) is 12.1 Å². The first-order valence-corrected chi connectivity index (χ1v) is 11.2. The fourth-order valence-electron chi connectivity index (χ4n) is 3.76. The molecule has 156 valence electrons. The molecule has 6 nitrogen and oxygen atoms in total. The lowest BCUT2D eigenvalue weighted by molar-refractivity contribution is -0.119. The third-order valence-corrected chi connectivity index (χ3v) is 6.29. The molecular weight excluding hydrogens is 398 g/mol. The highest BCUT2D eigenvalue weighted by Crippen LogP contribution is 2.34. The number of hydrogen-bond acceptors (Lipinski definition) is 6. The van der Waals surface area contributed by atoms with Crippen LogP contribution in [0, 0.1) is 11.3 Å². The third-order valence-electron chi connectivity index (χ3n) is 5.30. The number of hydrogen-bond donors (Lipinski definition) is 1. The van der Waals surface area contributed by atoms with Crippen molar-refractivity contribution in [3.05, 3.63) is 53.6 Å². The molecule has 0 unspecified atom stereocenters. The number of carbonyl (C=O) groups excluding carboxylic acids is 1. The van der Waals surface area contributed by atoms with Gasteiger partial charge in [0.2, 0.25) is 5.91 Å². The van der Waals surface area contributed by atoms with Crippen molar-refractivity contribution in [1.29, 1.82) is 5.26 Å². The Balaban J connectivity index is 1.19. The zero-order valence-electron chi connectivity index (χ0n) is 16.8. The van der Waals surface area contributed by atoms with Gasteiger partial charge in [0.25, 0.3) is 0 Å². The molecule has 30 heavy (non-hydrogen) atoms. The second-order valence-corrected chi connectivity index (χ2v) is 8.57. The summed E-state index contributed by atoms with van der Waals surface area (Å²) in [5.41, 5.74) is 1.86. The lowest BCUT2D eigenvalue weighted by Gasteiger charge is -2.32. The Morgan fingerprint density at radius 3 is 2.73 bits per heavy atom. The molecule has 1 saturated heterocycles. The van der Waals surface area contributed by atoms with Crippen molar-refractivity contribution in [3.63, 3.8) is 0 Å². The van der Waals surface area contributed by atoms with Crippen molar-refractivity contribution < 1.29 is 14.3 Å². The quantitative estimate of drug-likeness (QED) is 0.720. The number of piperidine rings is 1. The van der Waals surface area contributed by atoms with Gasteiger partial charge in [0.05, 0.1) is 17.4 Å². The predicted octanol–water partition coefficient (Wildman–Crippen LogP) is 3.20. The molecule has 0 aromatic heterocycles. The van der Waals surface area contributed by atoms with E-state index in [0.29, 0.717) is 24.5 Å². The molecule has 7 heteroatoms. The second kappa shape index (κ2) is 9.88. The summed E-state index contributed by atoms with van der Waals surface area (Å²) < 4.78 is 11.1. The molecule has 1 N–H and O–H groups in total. The Morgan fingerprint density at radius 1 is 1.13 bits per heavy atom. The monoisotopic (exact) mass is 423 g/mol. The lowest BCUT2D eigenvalue weighted by Crippen LogP contribution is -2.44. The minimum absolute atomic E-state index is 0.0649. The molecule has 1 amide bonds. The van der Waals surface area contributed by atoms with E-state index in [-0.39, 0.29) is 11.9 Å². The van der Waals surface area contributed by atoms with Crippen LogP contribution in [-0.4, -0.2) is 48.9 Å². The summed E-state index contributed by atoms with van der Waals surface area (Å²) in [6, 6.07) is 16.0. The van der Waals surface area contributed by atoms with Crippen molar-refractivity contribution >= 4 is 17.7 Å². The number of nitrogens with one attached hydrogen (secondary N) is 1. The summed E-state index contributed by atoms with van der Waals surface area (Å²) in [7, 11) is 0. The average molecular weight is 424 g/mol. The summed E-state index contributed by atoms with van der Waals surface area (Å²) >= 11 is 1.51. The van der Waals surface area contributed by atoms with Crippen LogP contribution in [0.2, 0.25) is 0 Å². The number of likely N-dealkylation sites (tertiary alicyclic amines) is 1. The van der Waals surface area contributed by atoms with Gasteiger partial charge in [-0.05, 0) is 48.7 Å². The van der Waals surface area contributed by atoms with Crippen LogP contribution in [0.5, 0.6) is 11.5 Å². The van der Waals surface area contributed by atoms with Crippen LogP contribution < -0.4 is 14.8 Å². The number of thioether (sulfide) groups is 1. The van der Waals surface area contributed by atoms with Crippen molar-refractivity contribution in [3.8, 4) is 17.6 Å². The molecule has 0 radical (unpaired) electrons. The SMILES string of the molecule is N#Cc1cccc(CN2CCC(NC(=O)CSc3ccc4c(c3)OCCO4)CC2)c1. The highest BCUT2D eigenvalue weighted by molar-refractivity contribution is 8.00. The Labute approximate surface area is 181 Å². The minimum Gasteiger partial charge on any atom is -0.486 e. The predicted molar refractivity (Wildman–Crippen MR) is 116 cm³/mol. The van der Waals surface area contributed by atoms with Gasteiger partial charge < -0.3 is 14.8 Å². The molecule has 0 aliphatic carbocycles. The van der Waals surface area contributed by atoms with Crippen LogP contribution in [0.1, 0.15) is 24.0 Å². The number of benzene rings is 2. The highest BCUT2D eigenvalue weighted by Gasteiger charge is 2.21. The minimum atomic E-state index is 0.0649. The van der Waals surface area contributed by atoms with Gasteiger partial charge in [-0.25, -0.2) is 0 Å². The van der Waals surface area contributed by atoms with E-state index >= 15 is 0 Å². The first-order chi connectivity index (χ1) is 14.7. The molecule has 0 atom stereocenters. The van der Waals surface area contributed by atoms with E-state index < -0.39 is 0 Å². The summed E-state index contributed by atoms with van der Waals surface area (Å²) in [4.78, 5) is 15.8. The van der Waals surface area contributed by atoms with Gasteiger partial charge in [-0.15, -0.1) is 11.8 Å². The van der Waals surface area contributed by atoms with Crippen LogP contribution in [0.3, 0.4) is 0 Å². The smallest absolute Gasteiger partial charge is 0.230 e. The second-order valence-electron chi connectivity index (χ2n) is 7.52. The number of ether oxygens (including phenoxy) is 2. The number of nitrogens with zero attached hydrogens (tertiary/aromatic N) is 2. The van der Waals surface area contributed by atoms with Crippen molar-refractivity contribution in [1.82, 2.24) is 10.2 Å². The number of rotatable bonds is 6. The van der Waals surface area contributed by atoms with Crippen LogP contribution in [-0.2, 0) is 11.3 Å². The van der Waals surface area contributed by atoms with Crippen LogP contribution in [0.4, 0.5) is 0 Å². The topological polar surface area (TPSA) is 74.6 Å². The third kappa shape index (κ3) is 5.47. The normalized spacial score (nSPS) is 16.6. The highest BCUT2D eigenvalue weighted by atomic mass is 32.2. The molecule has 0 saturated carbocycles. The van der Waals surface area contributed by atoms with Gasteiger partial charge in [-0.3, -0.25) is 9.69 Å². The number of fused-ring (bicyclic) bond motifs is 1. The zero-order valence-corrected chi connectivity index (χ0v) is 17.6. The van der Waals surface area contributed by atoms with Crippen molar-refractivity contribution in [2.45, 2.75) is 30.3 Å². The average Bonchev–Trinajstić information content (AvgIpc) is 2.79. The van der Waals surface area contributed by atoms with Crippen LogP contribution in [0.15, 0.2) is 47.4 Å². The Bertz CT molecular complexity index is 936. The summed E-state index contributed by atoms with van der Waals surface area (Å²) in [5, 5.41) is 12.2. The van der Waals surface area contributed by atoms with Gasteiger partial charge in [-0.2, -0.15) is 5.26 Å². The Kier molecular flexibility index (Phi) is 6.77. The van der Waals surface area contributed by atoms with Crippen molar-refractivity contribution in [2.24, 2.45) is 0 Å². The maximum Gasteiger partial charge on any atom is 0.230 e. The first-order valence-electron chi connectivity index (χ1n) is 10.2.